The molecule has 0 N–H and O–H groups in total. The number of halogens is 1. The van der Waals surface area contributed by atoms with Crippen molar-refractivity contribution in [2.24, 2.45) is 4.99 Å². The average molecular weight is 357 g/mol. The van der Waals surface area contributed by atoms with E-state index < -0.39 is 0 Å². The maximum Gasteiger partial charge on any atom is 0.205 e. The minimum Gasteiger partial charge on any atom is -0.329 e. The van der Waals surface area contributed by atoms with Gasteiger partial charge in [0.1, 0.15) is 11.5 Å². The molecule has 25 heavy (non-hydrogen) atoms. The Kier molecular flexibility index (Phi) is 5.37. The van der Waals surface area contributed by atoms with E-state index in [-0.39, 0.29) is 12.0 Å². The van der Waals surface area contributed by atoms with Crippen molar-refractivity contribution in [3.05, 3.63) is 66.1 Å². The maximum absolute atomic E-state index is 13.5. The number of aliphatic imine (C=N–C) groups is 1. The Morgan fingerprint density at radius 1 is 1.12 bits per heavy atom. The summed E-state index contributed by atoms with van der Waals surface area (Å²) in [5.41, 5.74) is 3.01. The van der Waals surface area contributed by atoms with E-state index in [0.29, 0.717) is 11.1 Å². The highest BCUT2D eigenvalue weighted by molar-refractivity contribution is 7.98. The summed E-state index contributed by atoms with van der Waals surface area (Å²) < 4.78 is 19.7. The summed E-state index contributed by atoms with van der Waals surface area (Å²) in [6, 6.07) is 15.0. The fraction of sp³-hybridized carbons (Fsp3) is 0.250. The van der Waals surface area contributed by atoms with Crippen LogP contribution in [0.1, 0.15) is 19.4 Å². The van der Waals surface area contributed by atoms with Gasteiger partial charge in [-0.25, -0.2) is 9.38 Å². The van der Waals surface area contributed by atoms with Crippen molar-refractivity contribution in [3.63, 3.8) is 0 Å². The molecule has 2 unspecified atom stereocenters. The van der Waals surface area contributed by atoms with E-state index >= 15 is 0 Å². The molecule has 0 radical (unpaired) electrons. The van der Waals surface area contributed by atoms with Crippen molar-refractivity contribution in [1.29, 1.82) is 0 Å². The van der Waals surface area contributed by atoms with Crippen LogP contribution in [0.4, 0.5) is 10.1 Å². The predicted octanol–water partition coefficient (Wildman–Crippen LogP) is 5.28. The van der Waals surface area contributed by atoms with E-state index in [4.69, 9.17) is 4.74 Å². The van der Waals surface area contributed by atoms with E-state index in [2.05, 4.69) is 35.5 Å². The lowest BCUT2D eigenvalue weighted by molar-refractivity contribution is 0.0223. The summed E-state index contributed by atoms with van der Waals surface area (Å²) >= 11 is 1.71. The first kappa shape index (κ1) is 17.9. The van der Waals surface area contributed by atoms with Crippen LogP contribution in [0.5, 0.6) is 0 Å². The molecule has 3 rings (SSSR count). The second-order valence-corrected chi connectivity index (χ2v) is 6.70. The third-order valence-electron chi connectivity index (χ3n) is 4.47. The van der Waals surface area contributed by atoms with Crippen molar-refractivity contribution in [2.45, 2.75) is 25.0 Å². The van der Waals surface area contributed by atoms with Gasteiger partial charge in [0.2, 0.25) is 12.6 Å². The Hall–Kier alpha value is -1.95. The van der Waals surface area contributed by atoms with Crippen LogP contribution in [0.2, 0.25) is 0 Å². The van der Waals surface area contributed by atoms with Crippen LogP contribution in [-0.2, 0) is 4.74 Å². The Labute approximate surface area is 152 Å². The second-order valence-electron chi connectivity index (χ2n) is 5.82. The number of nitrogens with zero attached hydrogens (tertiary/aromatic N) is 2. The van der Waals surface area contributed by atoms with Gasteiger partial charge in [-0.1, -0.05) is 0 Å². The highest BCUT2D eigenvalue weighted by Gasteiger charge is 2.44. The summed E-state index contributed by atoms with van der Waals surface area (Å²) in [4.78, 5) is 5.65. The van der Waals surface area contributed by atoms with Crippen molar-refractivity contribution >= 4 is 29.5 Å². The average Bonchev–Trinajstić information content (AvgIpc) is 3.08. The molecular weight excluding hydrogens is 335 g/mol. The monoisotopic (exact) mass is 357 g/mol. The van der Waals surface area contributed by atoms with E-state index in [1.165, 1.54) is 17.0 Å². The minimum atomic E-state index is -0.253. The third kappa shape index (κ3) is 3.27. The molecule has 0 spiro atoms. The zero-order valence-electron chi connectivity index (χ0n) is 14.6. The van der Waals surface area contributed by atoms with Gasteiger partial charge in [0.25, 0.3) is 0 Å². The normalized spacial score (nSPS) is 20.6. The number of hydrogen-bond donors (Lipinski definition) is 0. The Balaban J connectivity index is 2.10. The molecule has 1 aliphatic rings. The largest absolute Gasteiger partial charge is 0.329 e. The highest BCUT2D eigenvalue weighted by atomic mass is 32.2. The van der Waals surface area contributed by atoms with Gasteiger partial charge in [-0.05, 0) is 49.6 Å². The summed E-state index contributed by atoms with van der Waals surface area (Å²) in [5.74, 6) is -0.253. The molecule has 5 heteroatoms. The number of quaternary nitrogens is 1. The van der Waals surface area contributed by atoms with Gasteiger partial charge in [0, 0.05) is 29.5 Å². The number of benzene rings is 2. The standard InChI is InChI=1S/C20H22FN2OS/c1-4-24-15(2)23(18-9-7-17(21)8-10-18)14-22-13-20(23)16-5-11-19(25-3)12-6-16/h5-15H,4H2,1-3H3/q+1. The SMILES string of the molecule is CCOC(C)[N+]1(c2ccc(F)cc2)C=NC=C1c1ccc(SC)cc1. The van der Waals surface area contributed by atoms with Gasteiger partial charge in [-0.2, -0.15) is 4.48 Å². The quantitative estimate of drug-likeness (QED) is 0.518. The summed E-state index contributed by atoms with van der Waals surface area (Å²) in [5, 5.41) is 0. The van der Waals surface area contributed by atoms with Crippen molar-refractivity contribution in [1.82, 2.24) is 4.48 Å². The molecular formula is C20H22FN2OS+. The first-order valence-corrected chi connectivity index (χ1v) is 9.50. The van der Waals surface area contributed by atoms with Crippen LogP contribution < -0.4 is 4.48 Å². The molecule has 2 aromatic rings. The fourth-order valence-electron chi connectivity index (χ4n) is 3.17. The topological polar surface area (TPSA) is 21.6 Å². The van der Waals surface area contributed by atoms with Crippen LogP contribution >= 0.6 is 11.8 Å². The Morgan fingerprint density at radius 3 is 2.40 bits per heavy atom. The first-order chi connectivity index (χ1) is 12.1. The van der Waals surface area contributed by atoms with Crippen molar-refractivity contribution in [2.75, 3.05) is 12.9 Å². The number of thioether (sulfide) groups is 1. The molecule has 0 saturated carbocycles. The number of hydrogen-bond acceptors (Lipinski definition) is 3. The molecule has 2 atom stereocenters. The zero-order chi connectivity index (χ0) is 17.9. The van der Waals surface area contributed by atoms with E-state index in [1.54, 1.807) is 23.9 Å². The van der Waals surface area contributed by atoms with E-state index in [1.807, 2.05) is 26.4 Å². The van der Waals surface area contributed by atoms with E-state index in [0.717, 1.165) is 16.9 Å². The lowest BCUT2D eigenvalue weighted by Crippen LogP contribution is -2.52. The van der Waals surface area contributed by atoms with Gasteiger partial charge in [-0.3, -0.25) is 0 Å². The summed E-state index contributed by atoms with van der Waals surface area (Å²) in [7, 11) is 0. The van der Waals surface area contributed by atoms with Crippen molar-refractivity contribution < 1.29 is 9.13 Å². The zero-order valence-corrected chi connectivity index (χ0v) is 15.5. The van der Waals surface area contributed by atoms with Crippen LogP contribution in [0.3, 0.4) is 0 Å². The van der Waals surface area contributed by atoms with Crippen LogP contribution in [0.25, 0.3) is 5.70 Å². The smallest absolute Gasteiger partial charge is 0.205 e. The highest BCUT2D eigenvalue weighted by Crippen LogP contribution is 2.39. The minimum absolute atomic E-state index is 0.187. The number of ether oxygens (including phenoxy) is 1. The van der Waals surface area contributed by atoms with Gasteiger partial charge < -0.3 is 4.74 Å². The molecule has 2 aromatic carbocycles. The molecule has 0 amide bonds. The predicted molar refractivity (Wildman–Crippen MR) is 104 cm³/mol. The van der Waals surface area contributed by atoms with Crippen molar-refractivity contribution in [3.8, 4) is 0 Å². The second kappa shape index (κ2) is 7.52. The lowest BCUT2D eigenvalue weighted by Gasteiger charge is -2.37. The van der Waals surface area contributed by atoms with Crippen LogP contribution in [0.15, 0.2) is 64.6 Å². The summed E-state index contributed by atoms with van der Waals surface area (Å²) in [6.45, 7) is 4.59. The fourth-order valence-corrected chi connectivity index (χ4v) is 3.58. The molecule has 0 saturated heterocycles. The molecule has 3 nitrogen and oxygen atoms in total. The molecule has 0 aromatic heterocycles. The third-order valence-corrected chi connectivity index (χ3v) is 5.21. The maximum atomic E-state index is 13.5. The Morgan fingerprint density at radius 2 is 1.80 bits per heavy atom. The van der Waals surface area contributed by atoms with Crippen LogP contribution in [0, 0.1) is 5.82 Å². The van der Waals surface area contributed by atoms with Crippen LogP contribution in [-0.4, -0.2) is 25.4 Å². The number of rotatable bonds is 6. The Bertz CT molecular complexity index is 786. The van der Waals surface area contributed by atoms with Gasteiger partial charge >= 0.3 is 0 Å². The molecule has 0 fully saturated rings. The van der Waals surface area contributed by atoms with Gasteiger partial charge in [-0.15, -0.1) is 11.8 Å². The van der Waals surface area contributed by atoms with E-state index in [9.17, 15) is 4.39 Å². The van der Waals surface area contributed by atoms with Gasteiger partial charge in [0.05, 0.1) is 12.8 Å². The molecule has 1 heterocycles. The van der Waals surface area contributed by atoms with Gasteiger partial charge in [0.15, 0.2) is 5.70 Å². The molecule has 130 valence electrons. The molecule has 1 aliphatic heterocycles. The summed E-state index contributed by atoms with van der Waals surface area (Å²) in [6.07, 6.45) is 5.61. The molecule has 0 aliphatic carbocycles. The lowest BCUT2D eigenvalue weighted by atomic mass is 10.1. The first-order valence-electron chi connectivity index (χ1n) is 8.27. The molecule has 0 bridgehead atoms.